The lowest BCUT2D eigenvalue weighted by Crippen LogP contribution is -1.89. The van der Waals surface area contributed by atoms with Crippen LogP contribution in [-0.2, 0) is 11.5 Å². The Labute approximate surface area is 129 Å². The molecule has 2 aromatic carbocycles. The van der Waals surface area contributed by atoms with Crippen molar-refractivity contribution in [2.45, 2.75) is 6.61 Å². The summed E-state index contributed by atoms with van der Waals surface area (Å²) in [7, 11) is 0. The molecule has 1 aromatic heterocycles. The maximum absolute atomic E-state index is 13.9. The summed E-state index contributed by atoms with van der Waals surface area (Å²) in [5.74, 6) is -0.165. The summed E-state index contributed by atoms with van der Waals surface area (Å²) in [6, 6.07) is 11.3. The van der Waals surface area contributed by atoms with E-state index in [-0.39, 0.29) is 23.1 Å². The molecule has 0 spiro atoms. The Morgan fingerprint density at radius 3 is 2.86 bits per heavy atom. The largest absolute Gasteiger partial charge is 0.334 e. The molecule has 0 bridgehead atoms. The van der Waals surface area contributed by atoms with Gasteiger partial charge in [0.25, 0.3) is 5.89 Å². The summed E-state index contributed by atoms with van der Waals surface area (Å²) >= 11 is 5.71. The molecule has 1 heterocycles. The van der Waals surface area contributed by atoms with Gasteiger partial charge in [-0.1, -0.05) is 35.0 Å². The highest BCUT2D eigenvalue weighted by atomic mass is 35.5. The molecule has 0 radical (unpaired) electrons. The average Bonchev–Trinajstić information content (AvgIpc) is 2.97. The third kappa shape index (κ3) is 2.99. The first kappa shape index (κ1) is 14.6. The summed E-state index contributed by atoms with van der Waals surface area (Å²) in [6.07, 6.45) is 0. The second-order valence-electron chi connectivity index (χ2n) is 4.52. The van der Waals surface area contributed by atoms with Crippen molar-refractivity contribution in [2.24, 2.45) is 0 Å². The lowest BCUT2D eigenvalue weighted by Gasteiger charge is -1.99. The second kappa shape index (κ2) is 6.23. The summed E-state index contributed by atoms with van der Waals surface area (Å²) in [5, 5.41) is 12.6. The highest BCUT2D eigenvalue weighted by molar-refractivity contribution is 6.30. The molecule has 0 saturated heterocycles. The highest BCUT2D eigenvalue weighted by Gasteiger charge is 2.14. The van der Waals surface area contributed by atoms with Gasteiger partial charge in [0, 0.05) is 10.6 Å². The van der Waals surface area contributed by atoms with Gasteiger partial charge in [-0.25, -0.2) is 9.28 Å². The standard InChI is InChI=1S/C15H10ClFN2O3/c16-11-4-5-12(13(17)7-11)15-18-14(19-22-15)10-3-1-2-9(6-10)8-21-20/h1-7,20H,8H2. The maximum Gasteiger partial charge on any atom is 0.261 e. The van der Waals surface area contributed by atoms with E-state index >= 15 is 0 Å². The van der Waals surface area contributed by atoms with Gasteiger partial charge in [0.1, 0.15) is 12.4 Å². The third-order valence-corrected chi connectivity index (χ3v) is 3.24. The lowest BCUT2D eigenvalue weighted by molar-refractivity contribution is -0.253. The first-order chi connectivity index (χ1) is 10.7. The van der Waals surface area contributed by atoms with Crippen LogP contribution in [0.15, 0.2) is 47.0 Å². The zero-order chi connectivity index (χ0) is 15.5. The van der Waals surface area contributed by atoms with Crippen LogP contribution in [0.2, 0.25) is 5.02 Å². The topological polar surface area (TPSA) is 68.4 Å². The van der Waals surface area contributed by atoms with Gasteiger partial charge in [-0.2, -0.15) is 4.98 Å². The van der Waals surface area contributed by atoms with E-state index in [0.29, 0.717) is 11.4 Å². The Bertz CT molecular complexity index is 807. The smallest absolute Gasteiger partial charge is 0.261 e. The van der Waals surface area contributed by atoms with E-state index in [4.69, 9.17) is 21.4 Å². The van der Waals surface area contributed by atoms with Crippen molar-refractivity contribution in [3.63, 3.8) is 0 Å². The summed E-state index contributed by atoms with van der Waals surface area (Å²) in [5.41, 5.74) is 1.58. The van der Waals surface area contributed by atoms with E-state index in [2.05, 4.69) is 15.0 Å². The van der Waals surface area contributed by atoms with Crippen molar-refractivity contribution in [1.82, 2.24) is 10.1 Å². The van der Waals surface area contributed by atoms with E-state index in [1.807, 2.05) is 0 Å². The molecule has 0 amide bonds. The molecule has 5 nitrogen and oxygen atoms in total. The normalized spacial score (nSPS) is 10.9. The van der Waals surface area contributed by atoms with E-state index in [1.54, 1.807) is 30.3 Å². The molecule has 0 fully saturated rings. The van der Waals surface area contributed by atoms with Crippen molar-refractivity contribution in [3.05, 3.63) is 58.9 Å². The van der Waals surface area contributed by atoms with Gasteiger partial charge in [0.05, 0.1) is 5.56 Å². The Hall–Kier alpha value is -2.28. The lowest BCUT2D eigenvalue weighted by atomic mass is 10.1. The Balaban J connectivity index is 1.95. The number of hydrogen-bond donors (Lipinski definition) is 1. The van der Waals surface area contributed by atoms with Gasteiger partial charge in [0.2, 0.25) is 5.82 Å². The Kier molecular flexibility index (Phi) is 4.15. The maximum atomic E-state index is 13.9. The fraction of sp³-hybridized carbons (Fsp3) is 0.0667. The predicted molar refractivity (Wildman–Crippen MR) is 77.6 cm³/mol. The van der Waals surface area contributed by atoms with Gasteiger partial charge in [0.15, 0.2) is 0 Å². The quantitative estimate of drug-likeness (QED) is 0.576. The summed E-state index contributed by atoms with van der Waals surface area (Å²) in [6.45, 7) is 0.0460. The number of benzene rings is 2. The minimum absolute atomic E-state index is 0.0460. The number of hydrogen-bond acceptors (Lipinski definition) is 5. The van der Waals surface area contributed by atoms with Gasteiger partial charge < -0.3 is 4.52 Å². The molecule has 1 N–H and O–H groups in total. The molecular formula is C15H10ClFN2O3. The first-order valence-electron chi connectivity index (χ1n) is 6.32. The van der Waals surface area contributed by atoms with Gasteiger partial charge in [-0.05, 0) is 29.8 Å². The zero-order valence-corrected chi connectivity index (χ0v) is 11.9. The van der Waals surface area contributed by atoms with Crippen molar-refractivity contribution in [3.8, 4) is 22.8 Å². The van der Waals surface area contributed by atoms with Crippen LogP contribution in [0.25, 0.3) is 22.8 Å². The van der Waals surface area contributed by atoms with Crippen LogP contribution < -0.4 is 0 Å². The van der Waals surface area contributed by atoms with E-state index in [0.717, 1.165) is 5.56 Å². The van der Waals surface area contributed by atoms with Crippen molar-refractivity contribution >= 4 is 11.6 Å². The first-order valence-corrected chi connectivity index (χ1v) is 6.70. The molecule has 3 aromatic rings. The molecule has 112 valence electrons. The van der Waals surface area contributed by atoms with Crippen LogP contribution in [-0.4, -0.2) is 15.4 Å². The number of halogens is 2. The van der Waals surface area contributed by atoms with Crippen molar-refractivity contribution < 1.29 is 19.1 Å². The van der Waals surface area contributed by atoms with Gasteiger partial charge in [-0.15, -0.1) is 0 Å². The molecular weight excluding hydrogens is 311 g/mol. The van der Waals surface area contributed by atoms with Gasteiger partial charge in [-0.3, -0.25) is 5.26 Å². The van der Waals surface area contributed by atoms with Crippen LogP contribution >= 0.6 is 11.6 Å². The van der Waals surface area contributed by atoms with Crippen molar-refractivity contribution in [1.29, 1.82) is 0 Å². The molecule has 0 aliphatic rings. The summed E-state index contributed by atoms with van der Waals surface area (Å²) < 4.78 is 19.0. The molecule has 0 unspecified atom stereocenters. The third-order valence-electron chi connectivity index (χ3n) is 3.00. The average molecular weight is 321 g/mol. The number of nitrogens with zero attached hydrogens (tertiary/aromatic N) is 2. The Morgan fingerprint density at radius 1 is 1.23 bits per heavy atom. The predicted octanol–water partition coefficient (Wildman–Crippen LogP) is 4.19. The summed E-state index contributed by atoms with van der Waals surface area (Å²) in [4.78, 5) is 8.27. The number of rotatable bonds is 4. The number of aromatic nitrogens is 2. The molecule has 0 aliphatic heterocycles. The van der Waals surface area contributed by atoms with Crippen molar-refractivity contribution in [2.75, 3.05) is 0 Å². The van der Waals surface area contributed by atoms with Crippen LogP contribution in [0.3, 0.4) is 0 Å². The minimum atomic E-state index is -0.537. The molecule has 0 aliphatic carbocycles. The van der Waals surface area contributed by atoms with E-state index in [1.165, 1.54) is 12.1 Å². The molecule has 7 heteroatoms. The zero-order valence-electron chi connectivity index (χ0n) is 11.2. The fourth-order valence-corrected chi connectivity index (χ4v) is 2.15. The highest BCUT2D eigenvalue weighted by Crippen LogP contribution is 2.26. The molecule has 0 saturated carbocycles. The fourth-order valence-electron chi connectivity index (χ4n) is 1.99. The van der Waals surface area contributed by atoms with Crippen LogP contribution in [0.5, 0.6) is 0 Å². The molecule has 22 heavy (non-hydrogen) atoms. The molecule has 3 rings (SSSR count). The Morgan fingerprint density at radius 2 is 2.09 bits per heavy atom. The van der Waals surface area contributed by atoms with Crippen LogP contribution in [0, 0.1) is 5.82 Å². The van der Waals surface area contributed by atoms with Crippen LogP contribution in [0.4, 0.5) is 4.39 Å². The SMILES string of the molecule is OOCc1cccc(-c2noc(-c3ccc(Cl)cc3F)n2)c1. The monoisotopic (exact) mass is 320 g/mol. The van der Waals surface area contributed by atoms with Crippen LogP contribution in [0.1, 0.15) is 5.56 Å². The van der Waals surface area contributed by atoms with E-state index < -0.39 is 5.82 Å². The minimum Gasteiger partial charge on any atom is -0.334 e. The van der Waals surface area contributed by atoms with Gasteiger partial charge >= 0.3 is 0 Å². The second-order valence-corrected chi connectivity index (χ2v) is 4.96. The molecule has 0 atom stereocenters. The van der Waals surface area contributed by atoms with E-state index in [9.17, 15) is 4.39 Å².